The molecule has 7 nitrogen and oxygen atoms in total. The number of nitrogens with one attached hydrogen (secondary N) is 1. The Kier molecular flexibility index (Phi) is 6.99. The van der Waals surface area contributed by atoms with Gasteiger partial charge in [-0.25, -0.2) is 9.59 Å². The number of ether oxygens (including phenoxy) is 3. The maximum absolute atomic E-state index is 12.3. The van der Waals surface area contributed by atoms with Crippen molar-refractivity contribution in [2.45, 2.75) is 32.3 Å². The van der Waals surface area contributed by atoms with Gasteiger partial charge in [0.15, 0.2) is 6.61 Å². The lowest BCUT2D eigenvalue weighted by Crippen LogP contribution is -2.22. The number of amides is 1. The highest BCUT2D eigenvalue weighted by Crippen LogP contribution is 2.46. The summed E-state index contributed by atoms with van der Waals surface area (Å²) in [7, 11) is 0. The molecule has 160 valence electrons. The third-order valence-corrected chi connectivity index (χ3v) is 5.11. The van der Waals surface area contributed by atoms with E-state index in [4.69, 9.17) is 9.47 Å². The molecule has 1 heterocycles. The lowest BCUT2D eigenvalue weighted by Gasteiger charge is -2.09. The first-order valence-corrected chi connectivity index (χ1v) is 10.1. The molecule has 1 aromatic carbocycles. The standard InChI is InChI=1S/C20H19F2NO6S/c1-2-27-19(26)16-14(11-6-7-11)10-30-17(16)23-15(24)9-28-18(25)12-4-3-5-13(8-12)29-20(21)22/h3-5,8,10-11,20H,2,6-7,9H2,1H3,(H,23,24). The van der Waals surface area contributed by atoms with Crippen LogP contribution in [0.5, 0.6) is 5.75 Å². The van der Waals surface area contributed by atoms with E-state index in [2.05, 4.69) is 10.1 Å². The third kappa shape index (κ3) is 5.53. The summed E-state index contributed by atoms with van der Waals surface area (Å²) in [5, 5.41) is 4.73. The predicted molar refractivity (Wildman–Crippen MR) is 104 cm³/mol. The Morgan fingerprint density at radius 3 is 2.63 bits per heavy atom. The van der Waals surface area contributed by atoms with Crippen molar-refractivity contribution in [3.05, 3.63) is 46.3 Å². The van der Waals surface area contributed by atoms with Gasteiger partial charge in [-0.05, 0) is 54.8 Å². The molecule has 0 spiro atoms. The summed E-state index contributed by atoms with van der Waals surface area (Å²) in [5.74, 6) is -1.94. The molecule has 30 heavy (non-hydrogen) atoms. The largest absolute Gasteiger partial charge is 0.462 e. The molecule has 1 fully saturated rings. The number of carbonyl (C=O) groups is 3. The topological polar surface area (TPSA) is 90.9 Å². The van der Waals surface area contributed by atoms with Crippen LogP contribution < -0.4 is 10.1 Å². The average molecular weight is 439 g/mol. The second-order valence-electron chi connectivity index (χ2n) is 6.42. The van der Waals surface area contributed by atoms with E-state index in [1.807, 2.05) is 5.38 Å². The number of halogens is 2. The van der Waals surface area contributed by atoms with E-state index in [9.17, 15) is 23.2 Å². The molecule has 1 aliphatic rings. The van der Waals surface area contributed by atoms with Crippen LogP contribution in [0.1, 0.15) is 52.0 Å². The van der Waals surface area contributed by atoms with Gasteiger partial charge in [-0.15, -0.1) is 11.3 Å². The highest BCUT2D eigenvalue weighted by atomic mass is 32.1. The van der Waals surface area contributed by atoms with Crippen molar-refractivity contribution in [1.29, 1.82) is 0 Å². The fraction of sp³-hybridized carbons (Fsp3) is 0.350. The van der Waals surface area contributed by atoms with Gasteiger partial charge in [-0.3, -0.25) is 4.79 Å². The van der Waals surface area contributed by atoms with Crippen molar-refractivity contribution in [3.8, 4) is 5.75 Å². The van der Waals surface area contributed by atoms with Crippen LogP contribution in [0.15, 0.2) is 29.6 Å². The average Bonchev–Trinajstić information content (AvgIpc) is 3.46. The maximum Gasteiger partial charge on any atom is 0.387 e. The van der Waals surface area contributed by atoms with Crippen molar-refractivity contribution in [2.24, 2.45) is 0 Å². The van der Waals surface area contributed by atoms with Crippen molar-refractivity contribution in [3.63, 3.8) is 0 Å². The summed E-state index contributed by atoms with van der Waals surface area (Å²) in [6, 6.07) is 5.05. The van der Waals surface area contributed by atoms with Gasteiger partial charge >= 0.3 is 18.6 Å². The molecule has 0 atom stereocenters. The minimum Gasteiger partial charge on any atom is -0.462 e. The Morgan fingerprint density at radius 1 is 1.20 bits per heavy atom. The van der Waals surface area contributed by atoms with Gasteiger partial charge in [0.2, 0.25) is 0 Å². The molecule has 0 radical (unpaired) electrons. The highest BCUT2D eigenvalue weighted by molar-refractivity contribution is 7.15. The van der Waals surface area contributed by atoms with Gasteiger partial charge in [-0.1, -0.05) is 6.07 Å². The van der Waals surface area contributed by atoms with Crippen molar-refractivity contribution < 1.29 is 37.4 Å². The number of rotatable bonds is 9. The number of alkyl halides is 2. The van der Waals surface area contributed by atoms with E-state index in [0.717, 1.165) is 24.5 Å². The zero-order valence-corrected chi connectivity index (χ0v) is 16.8. The lowest BCUT2D eigenvalue weighted by atomic mass is 10.1. The van der Waals surface area contributed by atoms with Gasteiger partial charge in [0, 0.05) is 0 Å². The van der Waals surface area contributed by atoms with Crippen molar-refractivity contribution in [2.75, 3.05) is 18.5 Å². The predicted octanol–water partition coefficient (Wildman–Crippen LogP) is 4.20. The van der Waals surface area contributed by atoms with Crippen LogP contribution in [-0.2, 0) is 14.3 Å². The van der Waals surface area contributed by atoms with E-state index in [-0.39, 0.29) is 23.8 Å². The Bertz CT molecular complexity index is 941. The zero-order valence-electron chi connectivity index (χ0n) is 16.0. The minimum absolute atomic E-state index is 0.0414. The molecule has 0 unspecified atom stereocenters. The van der Waals surface area contributed by atoms with Crippen LogP contribution in [0.3, 0.4) is 0 Å². The molecule has 10 heteroatoms. The summed E-state index contributed by atoms with van der Waals surface area (Å²) in [5.41, 5.74) is 1.14. The van der Waals surface area contributed by atoms with Crippen LogP contribution in [0.2, 0.25) is 0 Å². The number of esters is 2. The van der Waals surface area contributed by atoms with Gasteiger partial charge in [-0.2, -0.15) is 8.78 Å². The van der Waals surface area contributed by atoms with Crippen molar-refractivity contribution in [1.82, 2.24) is 0 Å². The molecule has 0 saturated heterocycles. The van der Waals surface area contributed by atoms with Gasteiger partial charge < -0.3 is 19.5 Å². The first kappa shape index (κ1) is 21.7. The van der Waals surface area contributed by atoms with Crippen LogP contribution in [0.25, 0.3) is 0 Å². The molecule has 2 aromatic rings. The fourth-order valence-electron chi connectivity index (χ4n) is 2.75. The van der Waals surface area contributed by atoms with E-state index in [1.165, 1.54) is 29.5 Å². The molecule has 0 bridgehead atoms. The first-order chi connectivity index (χ1) is 14.4. The molecule has 1 aromatic heterocycles. The third-order valence-electron chi connectivity index (χ3n) is 4.20. The smallest absolute Gasteiger partial charge is 0.387 e. The zero-order chi connectivity index (χ0) is 21.7. The molecule has 3 rings (SSSR count). The summed E-state index contributed by atoms with van der Waals surface area (Å²) >= 11 is 1.20. The monoisotopic (exact) mass is 439 g/mol. The molecule has 0 aliphatic heterocycles. The fourth-order valence-corrected chi connectivity index (χ4v) is 3.80. The van der Waals surface area contributed by atoms with Gasteiger partial charge in [0.1, 0.15) is 10.8 Å². The quantitative estimate of drug-likeness (QED) is 0.589. The highest BCUT2D eigenvalue weighted by Gasteiger charge is 2.32. The normalized spacial score (nSPS) is 13.1. The second kappa shape index (κ2) is 9.66. The van der Waals surface area contributed by atoms with Crippen LogP contribution in [-0.4, -0.2) is 37.7 Å². The molecule has 1 N–H and O–H groups in total. The summed E-state index contributed by atoms with van der Waals surface area (Å²) in [6.45, 7) is -1.74. The van der Waals surface area contributed by atoms with Crippen molar-refractivity contribution >= 4 is 34.2 Å². The van der Waals surface area contributed by atoms with Crippen LogP contribution in [0, 0.1) is 0 Å². The van der Waals surface area contributed by atoms with E-state index >= 15 is 0 Å². The van der Waals surface area contributed by atoms with Gasteiger partial charge in [0.05, 0.1) is 17.7 Å². The van der Waals surface area contributed by atoms with E-state index in [1.54, 1.807) is 6.92 Å². The SMILES string of the molecule is CCOC(=O)c1c(C2CC2)csc1NC(=O)COC(=O)c1cccc(OC(F)F)c1. The van der Waals surface area contributed by atoms with Crippen LogP contribution in [0.4, 0.5) is 13.8 Å². The summed E-state index contributed by atoms with van der Waals surface area (Å²) < 4.78 is 38.8. The number of benzene rings is 1. The summed E-state index contributed by atoms with van der Waals surface area (Å²) in [4.78, 5) is 36.6. The summed E-state index contributed by atoms with van der Waals surface area (Å²) in [6.07, 6.45) is 1.95. The van der Waals surface area contributed by atoms with E-state index < -0.39 is 31.1 Å². The number of anilines is 1. The molecule has 1 amide bonds. The molecular formula is C20H19F2NO6S. The maximum atomic E-state index is 12.3. The Labute approximate surface area is 174 Å². The molecule has 1 saturated carbocycles. The Hall–Kier alpha value is -3.01. The molecular weight excluding hydrogens is 420 g/mol. The Balaban J connectivity index is 1.61. The molecule has 1 aliphatic carbocycles. The van der Waals surface area contributed by atoms with Gasteiger partial charge in [0.25, 0.3) is 5.91 Å². The van der Waals surface area contributed by atoms with Crippen LogP contribution >= 0.6 is 11.3 Å². The second-order valence-corrected chi connectivity index (χ2v) is 7.30. The Morgan fingerprint density at radius 2 is 1.97 bits per heavy atom. The number of carbonyl (C=O) groups excluding carboxylic acids is 3. The number of thiophene rings is 1. The number of hydrogen-bond acceptors (Lipinski definition) is 7. The number of hydrogen-bond donors (Lipinski definition) is 1. The lowest BCUT2D eigenvalue weighted by molar-refractivity contribution is -0.119. The first-order valence-electron chi connectivity index (χ1n) is 9.19. The minimum atomic E-state index is -3.03. The van der Waals surface area contributed by atoms with E-state index in [0.29, 0.717) is 10.6 Å².